The number of hydrogen-bond acceptors (Lipinski definition) is 6. The fourth-order valence-corrected chi connectivity index (χ4v) is 1.41. The van der Waals surface area contributed by atoms with Crippen LogP contribution in [0.2, 0.25) is 0 Å². The molecule has 0 aliphatic carbocycles. The van der Waals surface area contributed by atoms with Gasteiger partial charge in [0.15, 0.2) is 5.84 Å². The standard InChI is InChI=1S/C10H10N8/c1-18-8-4-2-3-6(9(8)16-17-18)14-15-7(5-11)10(12)13/h2-4,14H,1H3,(H3,12,13)/b15-7+. The number of amidine groups is 1. The third-order valence-corrected chi connectivity index (χ3v) is 2.29. The molecule has 0 aliphatic heterocycles. The van der Waals surface area contributed by atoms with Crippen LogP contribution in [0.1, 0.15) is 0 Å². The molecule has 0 radical (unpaired) electrons. The van der Waals surface area contributed by atoms with Gasteiger partial charge in [-0.2, -0.15) is 10.4 Å². The van der Waals surface area contributed by atoms with Crippen LogP contribution in [0, 0.1) is 16.7 Å². The lowest BCUT2D eigenvalue weighted by Crippen LogP contribution is -2.21. The largest absolute Gasteiger partial charge is 0.382 e. The summed E-state index contributed by atoms with van der Waals surface area (Å²) in [6.45, 7) is 0. The number of aryl methyl sites for hydroxylation is 1. The van der Waals surface area contributed by atoms with Gasteiger partial charge in [0, 0.05) is 7.05 Å². The number of anilines is 1. The van der Waals surface area contributed by atoms with Gasteiger partial charge in [0.25, 0.3) is 0 Å². The maximum atomic E-state index is 8.72. The van der Waals surface area contributed by atoms with E-state index in [2.05, 4.69) is 20.8 Å². The lowest BCUT2D eigenvalue weighted by molar-refractivity contribution is 0.736. The summed E-state index contributed by atoms with van der Waals surface area (Å²) in [5.74, 6) is -0.392. The highest BCUT2D eigenvalue weighted by Gasteiger charge is 2.07. The SMILES string of the molecule is Cn1nnc2c(N/N=C(\C#N)C(=N)N)cccc21. The average Bonchev–Trinajstić information content (AvgIpc) is 2.73. The van der Waals surface area contributed by atoms with E-state index in [9.17, 15) is 0 Å². The minimum atomic E-state index is -0.392. The summed E-state index contributed by atoms with van der Waals surface area (Å²) in [5.41, 5.74) is 9.72. The van der Waals surface area contributed by atoms with Crippen molar-refractivity contribution in [2.75, 3.05) is 5.43 Å². The molecule has 0 fully saturated rings. The number of rotatable bonds is 3. The smallest absolute Gasteiger partial charge is 0.201 e. The van der Waals surface area contributed by atoms with Crippen LogP contribution in [0.5, 0.6) is 0 Å². The number of fused-ring (bicyclic) bond motifs is 1. The third kappa shape index (κ3) is 1.97. The number of nitrogens with zero attached hydrogens (tertiary/aromatic N) is 5. The highest BCUT2D eigenvalue weighted by molar-refractivity contribution is 6.45. The molecular formula is C10H10N8. The monoisotopic (exact) mass is 242 g/mol. The van der Waals surface area contributed by atoms with Gasteiger partial charge in [-0.25, -0.2) is 4.68 Å². The molecule has 0 bridgehead atoms. The van der Waals surface area contributed by atoms with Crippen LogP contribution < -0.4 is 11.2 Å². The quantitative estimate of drug-likeness (QED) is 0.402. The minimum absolute atomic E-state index is 0.184. The van der Waals surface area contributed by atoms with E-state index in [1.807, 2.05) is 12.1 Å². The number of hydrogen-bond donors (Lipinski definition) is 3. The molecule has 90 valence electrons. The summed E-state index contributed by atoms with van der Waals surface area (Å²) >= 11 is 0. The van der Waals surface area contributed by atoms with E-state index in [0.29, 0.717) is 11.2 Å². The van der Waals surface area contributed by atoms with Gasteiger partial charge in [-0.3, -0.25) is 10.8 Å². The normalized spacial score (nSPS) is 11.2. The molecule has 18 heavy (non-hydrogen) atoms. The summed E-state index contributed by atoms with van der Waals surface area (Å²) in [4.78, 5) is 0. The molecule has 0 aliphatic rings. The molecule has 8 heteroatoms. The molecule has 1 aromatic carbocycles. The van der Waals surface area contributed by atoms with Crippen LogP contribution in [0.4, 0.5) is 5.69 Å². The van der Waals surface area contributed by atoms with Crippen molar-refractivity contribution in [1.29, 1.82) is 10.7 Å². The molecule has 8 nitrogen and oxygen atoms in total. The number of benzene rings is 1. The zero-order chi connectivity index (χ0) is 13.1. The summed E-state index contributed by atoms with van der Waals surface area (Å²) in [6.07, 6.45) is 0. The molecule has 0 saturated carbocycles. The van der Waals surface area contributed by atoms with E-state index in [-0.39, 0.29) is 5.71 Å². The first-order chi connectivity index (χ1) is 8.63. The topological polar surface area (TPSA) is 129 Å². The number of aromatic nitrogens is 3. The Balaban J connectivity index is 2.39. The average molecular weight is 242 g/mol. The lowest BCUT2D eigenvalue weighted by atomic mass is 10.3. The number of nitriles is 1. The van der Waals surface area contributed by atoms with Gasteiger partial charge >= 0.3 is 0 Å². The number of nitrogens with one attached hydrogen (secondary N) is 2. The minimum Gasteiger partial charge on any atom is -0.382 e. The summed E-state index contributed by atoms with van der Waals surface area (Å²) in [5, 5.41) is 27.5. The summed E-state index contributed by atoms with van der Waals surface area (Å²) < 4.78 is 1.63. The molecule has 2 aromatic rings. The van der Waals surface area contributed by atoms with Gasteiger partial charge in [0.05, 0.1) is 11.2 Å². The second kappa shape index (κ2) is 4.50. The van der Waals surface area contributed by atoms with E-state index in [1.54, 1.807) is 23.9 Å². The van der Waals surface area contributed by atoms with Gasteiger partial charge < -0.3 is 5.73 Å². The van der Waals surface area contributed by atoms with Crippen molar-refractivity contribution < 1.29 is 0 Å². The molecule has 2 rings (SSSR count). The molecule has 1 aromatic heterocycles. The molecule has 1 heterocycles. The molecular weight excluding hydrogens is 232 g/mol. The van der Waals surface area contributed by atoms with Crippen LogP contribution >= 0.6 is 0 Å². The first-order valence-electron chi connectivity index (χ1n) is 5.00. The molecule has 0 unspecified atom stereocenters. The Labute approximate surface area is 102 Å². The van der Waals surface area contributed by atoms with Crippen molar-refractivity contribution in [1.82, 2.24) is 15.0 Å². The molecule has 0 amide bonds. The molecule has 4 N–H and O–H groups in total. The Hall–Kier alpha value is -2.95. The van der Waals surface area contributed by atoms with Gasteiger partial charge in [-0.1, -0.05) is 11.3 Å². The summed E-state index contributed by atoms with van der Waals surface area (Å²) in [6, 6.07) is 7.14. The maximum Gasteiger partial charge on any atom is 0.201 e. The zero-order valence-electron chi connectivity index (χ0n) is 9.55. The Bertz CT molecular complexity index is 675. The Morgan fingerprint density at radius 3 is 3.06 bits per heavy atom. The van der Waals surface area contributed by atoms with Crippen molar-refractivity contribution in [3.05, 3.63) is 18.2 Å². The van der Waals surface area contributed by atoms with Gasteiger partial charge in [-0.05, 0) is 12.1 Å². The van der Waals surface area contributed by atoms with E-state index >= 15 is 0 Å². The first-order valence-corrected chi connectivity index (χ1v) is 5.00. The van der Waals surface area contributed by atoms with Crippen molar-refractivity contribution in [2.24, 2.45) is 17.9 Å². The van der Waals surface area contributed by atoms with E-state index < -0.39 is 5.84 Å². The van der Waals surface area contributed by atoms with Crippen LogP contribution in [-0.2, 0) is 7.05 Å². The van der Waals surface area contributed by atoms with E-state index in [4.69, 9.17) is 16.4 Å². The Kier molecular flexibility index (Phi) is 2.89. The first kappa shape index (κ1) is 11.5. The predicted molar refractivity (Wildman–Crippen MR) is 67.1 cm³/mol. The molecule has 0 saturated heterocycles. The fourth-order valence-electron chi connectivity index (χ4n) is 1.41. The van der Waals surface area contributed by atoms with Crippen molar-refractivity contribution in [2.45, 2.75) is 0 Å². The van der Waals surface area contributed by atoms with E-state index in [1.165, 1.54) is 0 Å². The van der Waals surface area contributed by atoms with Crippen molar-refractivity contribution in [3.63, 3.8) is 0 Å². The Morgan fingerprint density at radius 2 is 2.39 bits per heavy atom. The number of nitrogens with two attached hydrogens (primary N) is 1. The van der Waals surface area contributed by atoms with Crippen molar-refractivity contribution >= 4 is 28.3 Å². The van der Waals surface area contributed by atoms with Crippen molar-refractivity contribution in [3.8, 4) is 6.07 Å². The van der Waals surface area contributed by atoms with Crippen LogP contribution in [-0.4, -0.2) is 26.5 Å². The van der Waals surface area contributed by atoms with Gasteiger partial charge in [0.2, 0.25) is 5.71 Å². The van der Waals surface area contributed by atoms with Crippen LogP contribution in [0.25, 0.3) is 11.0 Å². The maximum absolute atomic E-state index is 8.72. The number of hydrazone groups is 1. The zero-order valence-corrected chi connectivity index (χ0v) is 9.55. The third-order valence-electron chi connectivity index (χ3n) is 2.29. The predicted octanol–water partition coefficient (Wildman–Crippen LogP) is 0.196. The summed E-state index contributed by atoms with van der Waals surface area (Å²) in [7, 11) is 1.78. The van der Waals surface area contributed by atoms with E-state index in [0.717, 1.165) is 5.52 Å². The molecule has 0 atom stereocenters. The second-order valence-corrected chi connectivity index (χ2v) is 3.48. The van der Waals surface area contributed by atoms with Gasteiger partial charge in [-0.15, -0.1) is 5.10 Å². The fraction of sp³-hybridized carbons (Fsp3) is 0.100. The highest BCUT2D eigenvalue weighted by Crippen LogP contribution is 2.19. The van der Waals surface area contributed by atoms with Gasteiger partial charge in [0.1, 0.15) is 11.6 Å². The second-order valence-electron chi connectivity index (χ2n) is 3.48. The van der Waals surface area contributed by atoms with Crippen LogP contribution in [0.3, 0.4) is 0 Å². The highest BCUT2D eigenvalue weighted by atomic mass is 15.4. The lowest BCUT2D eigenvalue weighted by Gasteiger charge is -2.01. The molecule has 0 spiro atoms. The Morgan fingerprint density at radius 1 is 1.61 bits per heavy atom. The van der Waals surface area contributed by atoms with Crippen LogP contribution in [0.15, 0.2) is 23.3 Å².